The molecule has 0 aliphatic rings. The first-order chi connectivity index (χ1) is 10.7. The number of hydrogen-bond acceptors (Lipinski definition) is 6. The Morgan fingerprint density at radius 2 is 1.73 bits per heavy atom. The van der Waals surface area contributed by atoms with Crippen molar-refractivity contribution < 1.29 is 14.2 Å². The van der Waals surface area contributed by atoms with E-state index in [1.807, 2.05) is 0 Å². The summed E-state index contributed by atoms with van der Waals surface area (Å²) >= 11 is 0. The first-order valence-corrected chi connectivity index (χ1v) is 6.41. The van der Waals surface area contributed by atoms with Crippen molar-refractivity contribution in [1.82, 2.24) is 19.9 Å². The van der Waals surface area contributed by atoms with Crippen molar-refractivity contribution >= 4 is 11.2 Å². The minimum absolute atomic E-state index is 0.281. The number of aromatic amines is 2. The summed E-state index contributed by atoms with van der Waals surface area (Å²) in [7, 11) is 4.60. The van der Waals surface area contributed by atoms with Crippen LogP contribution in [0.25, 0.3) is 22.6 Å². The van der Waals surface area contributed by atoms with Crippen molar-refractivity contribution in [3.05, 3.63) is 28.8 Å². The standard InChI is InChI=1S/C14H14N4O4/c1-20-8-4-7(5-9(21-2)11(8)22-3)12-17-10-13(18-12)15-6-16-14(10)19/h4-6H,1-3H3,(H2,15,16,17,18,19). The van der Waals surface area contributed by atoms with Crippen molar-refractivity contribution in [2.75, 3.05) is 21.3 Å². The van der Waals surface area contributed by atoms with Gasteiger partial charge in [0.05, 0.1) is 27.7 Å². The van der Waals surface area contributed by atoms with Crippen LogP contribution in [0.3, 0.4) is 0 Å². The Kier molecular flexibility index (Phi) is 3.42. The predicted molar refractivity (Wildman–Crippen MR) is 79.6 cm³/mol. The molecule has 0 atom stereocenters. The topological polar surface area (TPSA) is 102 Å². The molecular formula is C14H14N4O4. The van der Waals surface area contributed by atoms with E-state index in [9.17, 15) is 4.79 Å². The van der Waals surface area contributed by atoms with Crippen LogP contribution < -0.4 is 19.8 Å². The molecule has 0 unspecified atom stereocenters. The van der Waals surface area contributed by atoms with Crippen LogP contribution in [0, 0.1) is 0 Å². The van der Waals surface area contributed by atoms with Gasteiger partial charge >= 0.3 is 0 Å². The second kappa shape index (κ2) is 5.40. The van der Waals surface area contributed by atoms with Crippen LogP contribution in [0.2, 0.25) is 0 Å². The fourth-order valence-electron chi connectivity index (χ4n) is 2.19. The van der Waals surface area contributed by atoms with Crippen LogP contribution in [-0.4, -0.2) is 41.3 Å². The molecule has 0 bridgehead atoms. The zero-order valence-corrected chi connectivity index (χ0v) is 12.3. The zero-order chi connectivity index (χ0) is 15.7. The third-order valence-corrected chi connectivity index (χ3v) is 3.23. The van der Waals surface area contributed by atoms with Crippen LogP contribution >= 0.6 is 0 Å². The van der Waals surface area contributed by atoms with Crippen LogP contribution in [0.4, 0.5) is 0 Å². The normalized spacial score (nSPS) is 10.7. The first-order valence-electron chi connectivity index (χ1n) is 6.41. The molecule has 114 valence electrons. The lowest BCUT2D eigenvalue weighted by molar-refractivity contribution is 0.324. The van der Waals surface area contributed by atoms with Gasteiger partial charge in [-0.2, -0.15) is 0 Å². The fourth-order valence-corrected chi connectivity index (χ4v) is 2.19. The lowest BCUT2D eigenvalue weighted by atomic mass is 10.1. The number of imidazole rings is 1. The van der Waals surface area contributed by atoms with E-state index in [0.29, 0.717) is 39.8 Å². The van der Waals surface area contributed by atoms with Crippen molar-refractivity contribution in [2.45, 2.75) is 0 Å². The van der Waals surface area contributed by atoms with Crippen molar-refractivity contribution in [2.24, 2.45) is 0 Å². The van der Waals surface area contributed by atoms with Gasteiger partial charge in [-0.1, -0.05) is 0 Å². The quantitative estimate of drug-likeness (QED) is 0.754. The monoisotopic (exact) mass is 302 g/mol. The highest BCUT2D eigenvalue weighted by atomic mass is 16.5. The minimum atomic E-state index is -0.281. The van der Waals surface area contributed by atoms with Gasteiger partial charge in [-0.15, -0.1) is 0 Å². The van der Waals surface area contributed by atoms with Crippen molar-refractivity contribution in [3.63, 3.8) is 0 Å². The SMILES string of the molecule is COc1cc(-c2nc3nc[nH]c(=O)c3[nH]2)cc(OC)c1OC. The molecule has 0 aliphatic heterocycles. The molecule has 0 saturated heterocycles. The Morgan fingerprint density at radius 1 is 1.05 bits per heavy atom. The van der Waals surface area contributed by atoms with E-state index in [1.54, 1.807) is 12.1 Å². The fraction of sp³-hybridized carbons (Fsp3) is 0.214. The number of rotatable bonds is 4. The van der Waals surface area contributed by atoms with Gasteiger partial charge in [0.1, 0.15) is 5.82 Å². The highest BCUT2D eigenvalue weighted by Crippen LogP contribution is 2.40. The van der Waals surface area contributed by atoms with E-state index in [1.165, 1.54) is 27.7 Å². The summed E-state index contributed by atoms with van der Waals surface area (Å²) in [5.41, 5.74) is 1.06. The first kappa shape index (κ1) is 13.9. The number of ether oxygens (including phenoxy) is 3. The van der Waals surface area contributed by atoms with Crippen LogP contribution in [-0.2, 0) is 0 Å². The molecule has 0 saturated carbocycles. The van der Waals surface area contributed by atoms with Crippen LogP contribution in [0.5, 0.6) is 17.2 Å². The molecule has 0 amide bonds. The number of fused-ring (bicyclic) bond motifs is 1. The lowest BCUT2D eigenvalue weighted by Crippen LogP contribution is -2.05. The summed E-state index contributed by atoms with van der Waals surface area (Å²) in [6.07, 6.45) is 1.31. The second-order valence-electron chi connectivity index (χ2n) is 4.43. The van der Waals surface area contributed by atoms with Gasteiger partial charge in [-0.25, -0.2) is 9.97 Å². The Bertz CT molecular complexity index is 859. The maximum atomic E-state index is 11.7. The second-order valence-corrected chi connectivity index (χ2v) is 4.43. The van der Waals surface area contributed by atoms with Gasteiger partial charge in [0.2, 0.25) is 5.75 Å². The largest absolute Gasteiger partial charge is 0.493 e. The number of methoxy groups -OCH3 is 3. The third-order valence-electron chi connectivity index (χ3n) is 3.23. The summed E-state index contributed by atoms with van der Waals surface area (Å²) in [4.78, 5) is 25.5. The Balaban J connectivity index is 2.21. The van der Waals surface area contributed by atoms with E-state index in [4.69, 9.17) is 14.2 Å². The molecular weight excluding hydrogens is 288 g/mol. The molecule has 0 aliphatic carbocycles. The number of nitrogens with one attached hydrogen (secondary N) is 2. The number of hydrogen-bond donors (Lipinski definition) is 2. The average molecular weight is 302 g/mol. The molecule has 2 N–H and O–H groups in total. The number of aromatic nitrogens is 4. The van der Waals surface area contributed by atoms with Gasteiger partial charge in [0.25, 0.3) is 5.56 Å². The number of H-pyrrole nitrogens is 2. The van der Waals surface area contributed by atoms with Gasteiger partial charge < -0.3 is 24.2 Å². The van der Waals surface area contributed by atoms with Gasteiger partial charge in [0.15, 0.2) is 22.7 Å². The molecule has 8 nitrogen and oxygen atoms in total. The Morgan fingerprint density at radius 3 is 2.27 bits per heavy atom. The summed E-state index contributed by atoms with van der Waals surface area (Å²) in [5, 5.41) is 0. The lowest BCUT2D eigenvalue weighted by Gasteiger charge is -2.13. The van der Waals surface area contributed by atoms with E-state index in [0.717, 1.165) is 0 Å². The minimum Gasteiger partial charge on any atom is -0.493 e. The molecule has 3 rings (SSSR count). The highest BCUT2D eigenvalue weighted by Gasteiger charge is 2.16. The summed E-state index contributed by atoms with van der Waals surface area (Å²) < 4.78 is 15.9. The Labute approximate surface area is 125 Å². The van der Waals surface area contributed by atoms with Crippen LogP contribution in [0.1, 0.15) is 0 Å². The van der Waals surface area contributed by atoms with Gasteiger partial charge in [-0.05, 0) is 12.1 Å². The maximum absolute atomic E-state index is 11.7. The summed E-state index contributed by atoms with van der Waals surface area (Å²) in [6, 6.07) is 3.49. The molecule has 3 aromatic rings. The highest BCUT2D eigenvalue weighted by molar-refractivity contribution is 5.76. The van der Waals surface area contributed by atoms with Crippen molar-refractivity contribution in [3.8, 4) is 28.6 Å². The molecule has 8 heteroatoms. The molecule has 1 aromatic carbocycles. The number of nitrogens with zero attached hydrogens (tertiary/aromatic N) is 2. The molecule has 0 radical (unpaired) electrons. The van der Waals surface area contributed by atoms with E-state index in [-0.39, 0.29) is 5.56 Å². The van der Waals surface area contributed by atoms with Crippen LogP contribution in [0.15, 0.2) is 23.3 Å². The summed E-state index contributed by atoms with van der Waals surface area (Å²) in [6.45, 7) is 0. The van der Waals surface area contributed by atoms with E-state index in [2.05, 4.69) is 19.9 Å². The predicted octanol–water partition coefficient (Wildman–Crippen LogP) is 1.34. The summed E-state index contributed by atoms with van der Waals surface area (Å²) in [5.74, 6) is 1.97. The Hall–Kier alpha value is -3.03. The molecule has 22 heavy (non-hydrogen) atoms. The number of benzene rings is 1. The molecule has 0 fully saturated rings. The van der Waals surface area contributed by atoms with Crippen molar-refractivity contribution in [1.29, 1.82) is 0 Å². The molecule has 2 heterocycles. The molecule has 0 spiro atoms. The zero-order valence-electron chi connectivity index (χ0n) is 12.3. The van der Waals surface area contributed by atoms with E-state index < -0.39 is 0 Å². The third kappa shape index (κ3) is 2.14. The van der Waals surface area contributed by atoms with Gasteiger partial charge in [-0.3, -0.25) is 4.79 Å². The maximum Gasteiger partial charge on any atom is 0.276 e. The molecule has 2 aromatic heterocycles. The van der Waals surface area contributed by atoms with Gasteiger partial charge in [0, 0.05) is 5.56 Å². The average Bonchev–Trinajstić information content (AvgIpc) is 2.99. The van der Waals surface area contributed by atoms with E-state index >= 15 is 0 Å². The smallest absolute Gasteiger partial charge is 0.276 e.